The van der Waals surface area contributed by atoms with E-state index in [2.05, 4.69) is 5.32 Å². The highest BCUT2D eigenvalue weighted by atomic mass is 16.6. The van der Waals surface area contributed by atoms with Crippen molar-refractivity contribution in [2.75, 3.05) is 13.2 Å². The van der Waals surface area contributed by atoms with Gasteiger partial charge in [0.15, 0.2) is 0 Å². The summed E-state index contributed by atoms with van der Waals surface area (Å²) in [7, 11) is 0. The van der Waals surface area contributed by atoms with Crippen LogP contribution in [0.3, 0.4) is 0 Å². The summed E-state index contributed by atoms with van der Waals surface area (Å²) in [6, 6.07) is -0.913. The zero-order chi connectivity index (χ0) is 15.5. The second kappa shape index (κ2) is 6.79. The van der Waals surface area contributed by atoms with Crippen molar-refractivity contribution in [1.82, 2.24) is 5.32 Å². The Labute approximate surface area is 117 Å². The highest BCUT2D eigenvalue weighted by molar-refractivity contribution is 5.73. The summed E-state index contributed by atoms with van der Waals surface area (Å²) in [5.41, 5.74) is 0. The lowest BCUT2D eigenvalue weighted by Gasteiger charge is -2.42. The minimum atomic E-state index is -2.14. The summed E-state index contributed by atoms with van der Waals surface area (Å²) in [6.45, 7) is 2.85. The van der Waals surface area contributed by atoms with E-state index in [0.717, 1.165) is 0 Å². The molecule has 8 nitrogen and oxygen atoms in total. The number of carbonyl (C=O) groups is 1. The quantitative estimate of drug-likeness (QED) is 0.326. The Bertz CT molecular complexity index is 340. The first-order valence-electron chi connectivity index (χ1n) is 6.59. The Kier molecular flexibility index (Phi) is 5.87. The second-order valence-electron chi connectivity index (χ2n) is 5.24. The number of aliphatic hydroxyl groups excluding tert-OH is 3. The normalized spacial score (nSPS) is 37.4. The summed E-state index contributed by atoms with van der Waals surface area (Å²) in [5, 5.41) is 50.4. The fourth-order valence-corrected chi connectivity index (χ4v) is 2.07. The molecule has 0 aromatic rings. The van der Waals surface area contributed by atoms with Crippen molar-refractivity contribution in [3.63, 3.8) is 0 Å². The van der Waals surface area contributed by atoms with Gasteiger partial charge in [-0.05, 0) is 5.92 Å². The first-order chi connectivity index (χ1) is 9.23. The fraction of sp³-hybridized carbons (Fsp3) is 0.917. The van der Waals surface area contributed by atoms with Crippen LogP contribution in [0.4, 0.5) is 0 Å². The van der Waals surface area contributed by atoms with Crippen molar-refractivity contribution < 1.29 is 35.1 Å². The Morgan fingerprint density at radius 2 is 2.05 bits per heavy atom. The number of carboxylic acid groups (broad SMARTS) is 1. The van der Waals surface area contributed by atoms with E-state index in [4.69, 9.17) is 9.84 Å². The van der Waals surface area contributed by atoms with Gasteiger partial charge in [-0.2, -0.15) is 0 Å². The van der Waals surface area contributed by atoms with Crippen molar-refractivity contribution >= 4 is 5.97 Å². The molecule has 1 rings (SSSR count). The Balaban J connectivity index is 2.69. The molecule has 20 heavy (non-hydrogen) atoms. The summed E-state index contributed by atoms with van der Waals surface area (Å²) >= 11 is 0. The Morgan fingerprint density at radius 1 is 1.45 bits per heavy atom. The molecule has 0 bridgehead atoms. The van der Waals surface area contributed by atoms with Crippen LogP contribution in [-0.4, -0.2) is 74.8 Å². The van der Waals surface area contributed by atoms with E-state index >= 15 is 0 Å². The number of carboxylic acids is 1. The maximum absolute atomic E-state index is 11.1. The summed E-state index contributed by atoms with van der Waals surface area (Å²) in [4.78, 5) is 11.1. The van der Waals surface area contributed by atoms with E-state index in [1.807, 2.05) is 6.92 Å². The summed E-state index contributed by atoms with van der Waals surface area (Å²) in [5.74, 6) is -3.40. The van der Waals surface area contributed by atoms with Gasteiger partial charge in [0.25, 0.3) is 0 Å². The first kappa shape index (κ1) is 17.3. The van der Waals surface area contributed by atoms with Crippen LogP contribution < -0.4 is 5.32 Å². The third-order valence-electron chi connectivity index (χ3n) is 3.74. The molecule has 1 fully saturated rings. The van der Waals surface area contributed by atoms with Crippen LogP contribution in [0.15, 0.2) is 0 Å². The van der Waals surface area contributed by atoms with Gasteiger partial charge in [-0.25, -0.2) is 0 Å². The van der Waals surface area contributed by atoms with E-state index in [1.54, 1.807) is 6.92 Å². The molecule has 0 radical (unpaired) electrons. The van der Waals surface area contributed by atoms with Crippen LogP contribution in [0.5, 0.6) is 0 Å². The zero-order valence-electron chi connectivity index (χ0n) is 11.6. The van der Waals surface area contributed by atoms with Gasteiger partial charge < -0.3 is 30.3 Å². The molecule has 1 unspecified atom stereocenters. The fourth-order valence-electron chi connectivity index (χ4n) is 2.07. The number of ether oxygens (including phenoxy) is 1. The van der Waals surface area contributed by atoms with E-state index in [9.17, 15) is 25.2 Å². The molecule has 8 heteroatoms. The first-order valence-corrected chi connectivity index (χ1v) is 6.59. The lowest BCUT2D eigenvalue weighted by Crippen LogP contribution is -2.65. The Hall–Kier alpha value is -0.770. The van der Waals surface area contributed by atoms with Crippen LogP contribution in [0, 0.1) is 5.92 Å². The average molecular weight is 293 g/mol. The zero-order valence-corrected chi connectivity index (χ0v) is 11.6. The maximum atomic E-state index is 11.1. The lowest BCUT2D eigenvalue weighted by molar-refractivity contribution is -0.318. The molecule has 0 saturated carbocycles. The smallest absolute Gasteiger partial charge is 0.320 e. The molecule has 0 aromatic carbocycles. The van der Waals surface area contributed by atoms with Gasteiger partial charge in [0.1, 0.15) is 24.4 Å². The molecular formula is C12H23NO7. The number of aliphatic carboxylic acids is 1. The SMILES string of the molecule is CC[C@H](C)[C@H](NCC1(O)OC[C@@H](O)[C@@H](O)[C@@H]1O)C(=O)O. The highest BCUT2D eigenvalue weighted by Gasteiger charge is 2.48. The molecule has 118 valence electrons. The van der Waals surface area contributed by atoms with Gasteiger partial charge in [-0.15, -0.1) is 0 Å². The van der Waals surface area contributed by atoms with E-state index in [0.29, 0.717) is 6.42 Å². The number of aliphatic hydroxyl groups is 4. The lowest BCUT2D eigenvalue weighted by atomic mass is 9.95. The van der Waals surface area contributed by atoms with Crippen molar-refractivity contribution in [3.8, 4) is 0 Å². The van der Waals surface area contributed by atoms with Gasteiger partial charge in [0, 0.05) is 0 Å². The Morgan fingerprint density at radius 3 is 2.55 bits per heavy atom. The molecule has 0 amide bonds. The van der Waals surface area contributed by atoms with Crippen molar-refractivity contribution in [2.45, 2.75) is 50.4 Å². The van der Waals surface area contributed by atoms with Gasteiger partial charge in [0.05, 0.1) is 13.2 Å². The molecule has 6 N–H and O–H groups in total. The minimum Gasteiger partial charge on any atom is -0.480 e. The largest absolute Gasteiger partial charge is 0.480 e. The summed E-state index contributed by atoms with van der Waals surface area (Å²) in [6.07, 6.45) is -3.96. The second-order valence-corrected chi connectivity index (χ2v) is 5.24. The maximum Gasteiger partial charge on any atom is 0.320 e. The van der Waals surface area contributed by atoms with Gasteiger partial charge in [-0.3, -0.25) is 10.1 Å². The van der Waals surface area contributed by atoms with Gasteiger partial charge in [0.2, 0.25) is 5.79 Å². The van der Waals surface area contributed by atoms with Gasteiger partial charge in [-0.1, -0.05) is 20.3 Å². The molecule has 6 atom stereocenters. The van der Waals surface area contributed by atoms with Gasteiger partial charge >= 0.3 is 5.97 Å². The van der Waals surface area contributed by atoms with Crippen molar-refractivity contribution in [2.24, 2.45) is 5.92 Å². The number of hydrogen-bond donors (Lipinski definition) is 6. The van der Waals surface area contributed by atoms with Crippen molar-refractivity contribution in [3.05, 3.63) is 0 Å². The number of nitrogens with one attached hydrogen (secondary N) is 1. The van der Waals surface area contributed by atoms with Crippen LogP contribution in [-0.2, 0) is 9.53 Å². The summed E-state index contributed by atoms with van der Waals surface area (Å²) < 4.78 is 4.94. The minimum absolute atomic E-state index is 0.188. The van der Waals surface area contributed by atoms with E-state index in [1.165, 1.54) is 0 Å². The number of rotatable bonds is 6. The average Bonchev–Trinajstić information content (AvgIpc) is 2.41. The molecule has 0 spiro atoms. The third-order valence-corrected chi connectivity index (χ3v) is 3.74. The molecule has 1 aliphatic heterocycles. The van der Waals surface area contributed by atoms with Crippen LogP contribution in [0.2, 0.25) is 0 Å². The van der Waals surface area contributed by atoms with E-state index in [-0.39, 0.29) is 19.1 Å². The van der Waals surface area contributed by atoms with Crippen LogP contribution in [0.1, 0.15) is 20.3 Å². The van der Waals surface area contributed by atoms with E-state index < -0.39 is 36.1 Å². The molecule has 0 aromatic heterocycles. The topological polar surface area (TPSA) is 139 Å². The third kappa shape index (κ3) is 3.66. The molecule has 1 heterocycles. The molecule has 1 aliphatic rings. The predicted molar refractivity (Wildman–Crippen MR) is 67.8 cm³/mol. The molecule has 0 aliphatic carbocycles. The standard InChI is InChI=1S/C12H23NO7/c1-3-6(2)8(11(17)18)13-5-12(19)10(16)9(15)7(14)4-20-12/h6-10,13-16,19H,3-5H2,1-2H3,(H,17,18)/t6-,7+,8-,9+,10-,12?/m0/s1. The van der Waals surface area contributed by atoms with Crippen LogP contribution in [0.25, 0.3) is 0 Å². The molecule has 1 saturated heterocycles. The predicted octanol–water partition coefficient (Wildman–Crippen LogP) is -2.12. The van der Waals surface area contributed by atoms with Crippen molar-refractivity contribution in [1.29, 1.82) is 0 Å². The highest BCUT2D eigenvalue weighted by Crippen LogP contribution is 2.23. The monoisotopic (exact) mass is 293 g/mol. The molecular weight excluding hydrogens is 270 g/mol. The van der Waals surface area contributed by atoms with Crippen LogP contribution >= 0.6 is 0 Å². The number of hydrogen-bond acceptors (Lipinski definition) is 7.